The molecule has 9 nitrogen and oxygen atoms in total. The Morgan fingerprint density at radius 1 is 1.08 bits per heavy atom. The van der Waals surface area contributed by atoms with Crippen LogP contribution >= 0.6 is 0 Å². The molecule has 2 atom stereocenters. The highest BCUT2D eigenvalue weighted by Crippen LogP contribution is 2.31. The number of rotatable bonds is 6. The summed E-state index contributed by atoms with van der Waals surface area (Å²) < 4.78 is 8.43. The lowest BCUT2D eigenvalue weighted by Gasteiger charge is -2.35. The van der Waals surface area contributed by atoms with E-state index in [4.69, 9.17) is 9.72 Å². The van der Waals surface area contributed by atoms with E-state index in [-0.39, 0.29) is 24.3 Å². The molecule has 6 rings (SSSR count). The van der Waals surface area contributed by atoms with E-state index in [0.29, 0.717) is 25.1 Å². The molecule has 1 unspecified atom stereocenters. The summed E-state index contributed by atoms with van der Waals surface area (Å²) in [4.78, 5) is 45.7. The van der Waals surface area contributed by atoms with Gasteiger partial charge in [-0.2, -0.15) is 0 Å². The second-order valence-electron chi connectivity index (χ2n) is 10.2. The number of aromatic nitrogens is 2. The minimum atomic E-state index is -0.611. The van der Waals surface area contributed by atoms with Gasteiger partial charge in [-0.25, -0.2) is 4.98 Å². The number of benzene rings is 2. The fraction of sp³-hybridized carbons (Fsp3) is 0.429. The zero-order valence-electron chi connectivity index (χ0n) is 21.0. The lowest BCUT2D eigenvalue weighted by atomic mass is 10.0. The second-order valence-corrected chi connectivity index (χ2v) is 10.2. The van der Waals surface area contributed by atoms with Crippen LogP contribution in [-0.4, -0.2) is 62.3 Å². The van der Waals surface area contributed by atoms with Crippen LogP contribution in [-0.2, 0) is 29.7 Å². The molecule has 192 valence electrons. The minimum Gasteiger partial charge on any atom is -0.492 e. The Hall–Kier alpha value is -3.72. The number of piperidine rings is 2. The third kappa shape index (κ3) is 4.48. The summed E-state index contributed by atoms with van der Waals surface area (Å²) >= 11 is 0. The molecule has 2 fully saturated rings. The SMILES string of the molecule is Cn1c(CN2CCCC[C@H]2COc2ccc3c(c2)CN(C2CCC(=O)NC2=O)C3=O)nc2ccccc21. The first-order valence-corrected chi connectivity index (χ1v) is 13.0. The molecule has 0 aliphatic carbocycles. The van der Waals surface area contributed by atoms with Gasteiger partial charge in [0.15, 0.2) is 0 Å². The van der Waals surface area contributed by atoms with Gasteiger partial charge in [0.1, 0.15) is 24.2 Å². The van der Waals surface area contributed by atoms with Gasteiger partial charge in [0.25, 0.3) is 5.91 Å². The molecule has 3 aromatic rings. The van der Waals surface area contributed by atoms with Gasteiger partial charge in [-0.15, -0.1) is 0 Å². The molecule has 2 saturated heterocycles. The number of nitrogens with zero attached hydrogens (tertiary/aromatic N) is 4. The Morgan fingerprint density at radius 3 is 2.78 bits per heavy atom. The molecular formula is C28H31N5O4. The van der Waals surface area contributed by atoms with E-state index < -0.39 is 11.9 Å². The maximum atomic E-state index is 13.0. The van der Waals surface area contributed by atoms with Crippen molar-refractivity contribution in [2.24, 2.45) is 7.05 Å². The molecule has 0 bridgehead atoms. The van der Waals surface area contributed by atoms with Crippen LogP contribution in [0.1, 0.15) is 53.8 Å². The molecule has 4 heterocycles. The average molecular weight is 502 g/mol. The van der Waals surface area contributed by atoms with Crippen LogP contribution < -0.4 is 10.1 Å². The molecule has 1 aromatic heterocycles. The zero-order chi connectivity index (χ0) is 25.5. The summed E-state index contributed by atoms with van der Waals surface area (Å²) in [5.41, 5.74) is 3.61. The van der Waals surface area contributed by atoms with Crippen LogP contribution in [0.4, 0.5) is 0 Å². The number of aryl methyl sites for hydroxylation is 1. The van der Waals surface area contributed by atoms with Crippen molar-refractivity contribution in [3.63, 3.8) is 0 Å². The first-order valence-electron chi connectivity index (χ1n) is 13.0. The zero-order valence-corrected chi connectivity index (χ0v) is 21.0. The van der Waals surface area contributed by atoms with Crippen molar-refractivity contribution < 1.29 is 19.1 Å². The number of fused-ring (bicyclic) bond motifs is 2. The van der Waals surface area contributed by atoms with Crippen LogP contribution in [0.25, 0.3) is 11.0 Å². The fourth-order valence-electron chi connectivity index (χ4n) is 5.81. The van der Waals surface area contributed by atoms with Crippen molar-refractivity contribution in [3.05, 3.63) is 59.4 Å². The van der Waals surface area contributed by atoms with Crippen molar-refractivity contribution in [1.29, 1.82) is 0 Å². The van der Waals surface area contributed by atoms with Crippen molar-refractivity contribution in [2.45, 2.75) is 57.3 Å². The molecule has 0 saturated carbocycles. The fourth-order valence-corrected chi connectivity index (χ4v) is 5.81. The van der Waals surface area contributed by atoms with Gasteiger partial charge in [-0.3, -0.25) is 24.6 Å². The molecule has 3 aliphatic heterocycles. The number of nitrogens with one attached hydrogen (secondary N) is 1. The highest BCUT2D eigenvalue weighted by Gasteiger charge is 2.39. The summed E-state index contributed by atoms with van der Waals surface area (Å²) in [6.07, 6.45) is 4.01. The number of para-hydroxylation sites is 2. The number of hydrogen-bond acceptors (Lipinski definition) is 6. The van der Waals surface area contributed by atoms with Crippen LogP contribution in [0, 0.1) is 0 Å². The lowest BCUT2D eigenvalue weighted by molar-refractivity contribution is -0.136. The number of carbonyl (C=O) groups is 3. The number of imidazole rings is 1. The number of imide groups is 1. The highest BCUT2D eigenvalue weighted by molar-refractivity contribution is 6.05. The topological polar surface area (TPSA) is 96.8 Å². The maximum Gasteiger partial charge on any atom is 0.255 e. The number of likely N-dealkylation sites (tertiary alicyclic amines) is 1. The number of hydrogen-bond donors (Lipinski definition) is 1. The summed E-state index contributed by atoms with van der Waals surface area (Å²) in [6.45, 7) is 2.70. The van der Waals surface area contributed by atoms with E-state index in [1.807, 2.05) is 24.3 Å². The van der Waals surface area contributed by atoms with Crippen LogP contribution in [0.5, 0.6) is 5.75 Å². The molecule has 37 heavy (non-hydrogen) atoms. The molecule has 2 aromatic carbocycles. The average Bonchev–Trinajstić information content (AvgIpc) is 3.39. The van der Waals surface area contributed by atoms with Gasteiger partial charge in [0, 0.05) is 31.6 Å². The standard InChI is InChI=1S/C28H31N5O4/c1-31-23-8-3-2-7-22(23)29-25(31)16-32-13-5-4-6-19(32)17-37-20-9-10-21-18(14-20)15-33(28(21)36)24-11-12-26(34)30-27(24)35/h2-3,7-10,14,19,24H,4-6,11-13,15-17H2,1H3,(H,30,34,35)/t19-,24?/m0/s1. The molecule has 9 heteroatoms. The van der Waals surface area contributed by atoms with Gasteiger partial charge in [-0.05, 0) is 61.7 Å². The predicted octanol–water partition coefficient (Wildman–Crippen LogP) is 2.77. The predicted molar refractivity (Wildman–Crippen MR) is 137 cm³/mol. The molecule has 0 radical (unpaired) electrons. The van der Waals surface area contributed by atoms with Gasteiger partial charge in [0.05, 0.1) is 17.6 Å². The van der Waals surface area contributed by atoms with Crippen LogP contribution in [0.3, 0.4) is 0 Å². The Kier molecular flexibility index (Phi) is 6.16. The van der Waals surface area contributed by atoms with E-state index in [9.17, 15) is 14.4 Å². The Balaban J connectivity index is 1.12. The largest absolute Gasteiger partial charge is 0.492 e. The van der Waals surface area contributed by atoms with E-state index in [0.717, 1.165) is 54.1 Å². The van der Waals surface area contributed by atoms with E-state index >= 15 is 0 Å². The summed E-state index contributed by atoms with van der Waals surface area (Å²) in [6, 6.07) is 13.4. The lowest BCUT2D eigenvalue weighted by Crippen LogP contribution is -2.52. The highest BCUT2D eigenvalue weighted by atomic mass is 16.5. The van der Waals surface area contributed by atoms with Crippen molar-refractivity contribution in [1.82, 2.24) is 24.7 Å². The van der Waals surface area contributed by atoms with Crippen molar-refractivity contribution in [3.8, 4) is 5.75 Å². The Bertz CT molecular complexity index is 1380. The van der Waals surface area contributed by atoms with E-state index in [1.54, 1.807) is 11.0 Å². The van der Waals surface area contributed by atoms with Crippen molar-refractivity contribution >= 4 is 28.8 Å². The van der Waals surface area contributed by atoms with Gasteiger partial charge < -0.3 is 14.2 Å². The number of ether oxygens (including phenoxy) is 1. The minimum absolute atomic E-state index is 0.169. The first kappa shape index (κ1) is 23.7. The number of amides is 3. The summed E-state index contributed by atoms with van der Waals surface area (Å²) in [5.74, 6) is 0.931. The second kappa shape index (κ2) is 9.63. The molecule has 3 aliphatic rings. The first-order chi connectivity index (χ1) is 18.0. The smallest absolute Gasteiger partial charge is 0.255 e. The van der Waals surface area contributed by atoms with Crippen LogP contribution in [0.15, 0.2) is 42.5 Å². The van der Waals surface area contributed by atoms with Gasteiger partial charge >= 0.3 is 0 Å². The third-order valence-electron chi connectivity index (χ3n) is 7.91. The monoisotopic (exact) mass is 501 g/mol. The van der Waals surface area contributed by atoms with Crippen molar-refractivity contribution in [2.75, 3.05) is 13.2 Å². The van der Waals surface area contributed by atoms with Gasteiger partial charge in [-0.1, -0.05) is 18.6 Å². The Labute approximate surface area is 215 Å². The third-order valence-corrected chi connectivity index (χ3v) is 7.91. The molecule has 1 N–H and O–H groups in total. The normalized spacial score (nSPS) is 22.4. The number of carbonyl (C=O) groups excluding carboxylic acids is 3. The molecule has 0 spiro atoms. The molecule has 3 amide bonds. The van der Waals surface area contributed by atoms with E-state index in [1.165, 1.54) is 6.42 Å². The van der Waals surface area contributed by atoms with Crippen LogP contribution in [0.2, 0.25) is 0 Å². The van der Waals surface area contributed by atoms with E-state index in [2.05, 4.69) is 34.0 Å². The summed E-state index contributed by atoms with van der Waals surface area (Å²) in [7, 11) is 2.07. The quantitative estimate of drug-likeness (QED) is 0.522. The summed E-state index contributed by atoms with van der Waals surface area (Å²) in [5, 5.41) is 2.35. The van der Waals surface area contributed by atoms with Gasteiger partial charge in [0.2, 0.25) is 11.8 Å². The molecular weight excluding hydrogens is 470 g/mol. The Morgan fingerprint density at radius 2 is 1.95 bits per heavy atom. The maximum absolute atomic E-state index is 13.0.